The van der Waals surface area contributed by atoms with Gasteiger partial charge in [0.25, 0.3) is 5.91 Å². The fourth-order valence-corrected chi connectivity index (χ4v) is 3.84. The van der Waals surface area contributed by atoms with E-state index < -0.39 is 0 Å². The number of hydrogen-bond acceptors (Lipinski definition) is 1. The number of nitrogens with two attached hydrogens (primary N) is 1. The molecule has 3 aromatic rings. The number of carbonyl (C=O) groups is 1. The number of rotatable bonds is 5. The molecule has 0 aromatic heterocycles. The summed E-state index contributed by atoms with van der Waals surface area (Å²) in [6.45, 7) is 1.99. The first-order valence-corrected chi connectivity index (χ1v) is 9.59. The Morgan fingerprint density at radius 2 is 1.37 bits per heavy atom. The molecule has 1 amide bonds. The Hall–Kier alpha value is -2.91. The van der Waals surface area contributed by atoms with Crippen molar-refractivity contribution < 1.29 is 10.1 Å². The SMILES string of the molecule is O=C(C[NH2+]C(c1ccccc1)c1ccccc1)N1CCc2ccccc2C1. The summed E-state index contributed by atoms with van der Waals surface area (Å²) >= 11 is 0. The number of amides is 1. The van der Waals surface area contributed by atoms with Crippen LogP contribution >= 0.6 is 0 Å². The van der Waals surface area contributed by atoms with Gasteiger partial charge in [-0.1, -0.05) is 84.9 Å². The number of nitrogens with zero attached hydrogens (tertiary/aromatic N) is 1. The highest BCUT2D eigenvalue weighted by molar-refractivity contribution is 5.77. The Bertz CT molecular complexity index is 853. The third-order valence-electron chi connectivity index (χ3n) is 5.33. The molecule has 27 heavy (non-hydrogen) atoms. The lowest BCUT2D eigenvalue weighted by atomic mass is 9.98. The zero-order valence-electron chi connectivity index (χ0n) is 15.4. The third kappa shape index (κ3) is 4.09. The first kappa shape index (κ1) is 17.5. The van der Waals surface area contributed by atoms with Crippen molar-refractivity contribution in [2.75, 3.05) is 13.1 Å². The maximum atomic E-state index is 12.9. The number of benzene rings is 3. The molecule has 1 heterocycles. The van der Waals surface area contributed by atoms with Crippen LogP contribution in [0.5, 0.6) is 0 Å². The number of quaternary nitrogens is 1. The van der Waals surface area contributed by atoms with E-state index in [2.05, 4.69) is 78.1 Å². The van der Waals surface area contributed by atoms with Crippen molar-refractivity contribution in [3.8, 4) is 0 Å². The van der Waals surface area contributed by atoms with Gasteiger partial charge in [-0.05, 0) is 17.5 Å². The van der Waals surface area contributed by atoms with Gasteiger partial charge in [0.2, 0.25) is 0 Å². The molecule has 0 radical (unpaired) electrons. The van der Waals surface area contributed by atoms with Gasteiger partial charge in [-0.2, -0.15) is 0 Å². The molecule has 0 spiro atoms. The molecular weight excluding hydrogens is 332 g/mol. The van der Waals surface area contributed by atoms with E-state index in [1.54, 1.807) is 0 Å². The van der Waals surface area contributed by atoms with Crippen LogP contribution in [0.1, 0.15) is 28.3 Å². The van der Waals surface area contributed by atoms with E-state index in [0.717, 1.165) is 19.5 Å². The van der Waals surface area contributed by atoms with Crippen LogP contribution in [0, 0.1) is 0 Å². The van der Waals surface area contributed by atoms with E-state index in [-0.39, 0.29) is 11.9 Å². The van der Waals surface area contributed by atoms with Gasteiger partial charge < -0.3 is 10.2 Å². The molecule has 0 saturated carbocycles. The second-order valence-electron chi connectivity index (χ2n) is 7.07. The standard InChI is InChI=1S/C24H24N2O/c27-23(26-16-15-19-9-7-8-14-22(19)18-26)17-25-24(20-10-3-1-4-11-20)21-12-5-2-6-13-21/h1-14,24-25H,15-18H2/p+1. The van der Waals surface area contributed by atoms with Crippen LogP contribution in [0.4, 0.5) is 0 Å². The van der Waals surface area contributed by atoms with Crippen LogP contribution in [0.2, 0.25) is 0 Å². The number of fused-ring (bicyclic) bond motifs is 1. The van der Waals surface area contributed by atoms with E-state index in [1.165, 1.54) is 22.3 Å². The highest BCUT2D eigenvalue weighted by atomic mass is 16.2. The quantitative estimate of drug-likeness (QED) is 0.749. The minimum absolute atomic E-state index is 0.133. The van der Waals surface area contributed by atoms with Gasteiger partial charge in [0.1, 0.15) is 6.04 Å². The minimum Gasteiger partial charge on any atom is -0.333 e. The summed E-state index contributed by atoms with van der Waals surface area (Å²) in [5.41, 5.74) is 5.10. The van der Waals surface area contributed by atoms with E-state index in [1.807, 2.05) is 17.0 Å². The Kier molecular flexibility index (Phi) is 5.31. The van der Waals surface area contributed by atoms with Gasteiger partial charge in [0.15, 0.2) is 6.54 Å². The summed E-state index contributed by atoms with van der Waals surface area (Å²) in [5.74, 6) is 0.210. The van der Waals surface area contributed by atoms with E-state index in [4.69, 9.17) is 0 Å². The van der Waals surface area contributed by atoms with Crippen molar-refractivity contribution >= 4 is 5.91 Å². The molecule has 0 bridgehead atoms. The molecule has 0 saturated heterocycles. The Morgan fingerprint density at radius 3 is 2.00 bits per heavy atom. The monoisotopic (exact) mass is 357 g/mol. The smallest absolute Gasteiger partial charge is 0.278 e. The maximum Gasteiger partial charge on any atom is 0.278 e. The van der Waals surface area contributed by atoms with Crippen LogP contribution in [0.15, 0.2) is 84.9 Å². The van der Waals surface area contributed by atoms with E-state index >= 15 is 0 Å². The van der Waals surface area contributed by atoms with Crippen molar-refractivity contribution in [2.45, 2.75) is 19.0 Å². The summed E-state index contributed by atoms with van der Waals surface area (Å²) in [5, 5.41) is 2.16. The largest absolute Gasteiger partial charge is 0.333 e. The fraction of sp³-hybridized carbons (Fsp3) is 0.208. The lowest BCUT2D eigenvalue weighted by Gasteiger charge is -2.29. The van der Waals surface area contributed by atoms with Gasteiger partial charge in [0.05, 0.1) is 0 Å². The zero-order chi connectivity index (χ0) is 18.5. The average Bonchev–Trinajstić information content (AvgIpc) is 2.75. The van der Waals surface area contributed by atoms with Crippen LogP contribution in [-0.2, 0) is 17.8 Å². The summed E-state index contributed by atoms with van der Waals surface area (Å²) in [4.78, 5) is 14.9. The van der Waals surface area contributed by atoms with Crippen molar-refractivity contribution in [1.29, 1.82) is 0 Å². The zero-order valence-corrected chi connectivity index (χ0v) is 15.4. The predicted octanol–water partition coefficient (Wildman–Crippen LogP) is 2.92. The molecule has 0 fully saturated rings. The topological polar surface area (TPSA) is 36.9 Å². The van der Waals surface area contributed by atoms with Gasteiger partial charge in [-0.25, -0.2) is 0 Å². The molecular formula is C24H25N2O+. The third-order valence-corrected chi connectivity index (χ3v) is 5.33. The molecule has 0 atom stereocenters. The van der Waals surface area contributed by atoms with Gasteiger partial charge in [-0.15, -0.1) is 0 Å². The normalized spacial score (nSPS) is 13.4. The predicted molar refractivity (Wildman–Crippen MR) is 107 cm³/mol. The Balaban J connectivity index is 1.46. The highest BCUT2D eigenvalue weighted by Gasteiger charge is 2.24. The Morgan fingerprint density at radius 1 is 0.815 bits per heavy atom. The molecule has 3 nitrogen and oxygen atoms in total. The summed E-state index contributed by atoms with van der Waals surface area (Å²) in [7, 11) is 0. The Labute approximate surface area is 160 Å². The van der Waals surface area contributed by atoms with Crippen LogP contribution in [-0.4, -0.2) is 23.9 Å². The lowest BCUT2D eigenvalue weighted by molar-refractivity contribution is -0.677. The molecule has 1 aliphatic heterocycles. The molecule has 136 valence electrons. The van der Waals surface area contributed by atoms with Crippen LogP contribution in [0.25, 0.3) is 0 Å². The van der Waals surface area contributed by atoms with Crippen LogP contribution < -0.4 is 5.32 Å². The highest BCUT2D eigenvalue weighted by Crippen LogP contribution is 2.19. The second kappa shape index (κ2) is 8.19. The van der Waals surface area contributed by atoms with Crippen molar-refractivity contribution in [2.24, 2.45) is 0 Å². The summed E-state index contributed by atoms with van der Waals surface area (Å²) < 4.78 is 0. The molecule has 0 aliphatic carbocycles. The van der Waals surface area contributed by atoms with E-state index in [9.17, 15) is 4.79 Å². The lowest BCUT2D eigenvalue weighted by Crippen LogP contribution is -2.87. The molecule has 3 heteroatoms. The number of carbonyl (C=O) groups excluding carboxylic acids is 1. The number of hydrogen-bond donors (Lipinski definition) is 1. The van der Waals surface area contributed by atoms with Gasteiger partial charge >= 0.3 is 0 Å². The average molecular weight is 357 g/mol. The van der Waals surface area contributed by atoms with Gasteiger partial charge in [0, 0.05) is 24.2 Å². The fourth-order valence-electron chi connectivity index (χ4n) is 3.84. The molecule has 2 N–H and O–H groups in total. The summed E-state index contributed by atoms with van der Waals surface area (Å²) in [6, 6.07) is 29.4. The molecule has 0 unspecified atom stereocenters. The van der Waals surface area contributed by atoms with Crippen molar-refractivity contribution in [3.63, 3.8) is 0 Å². The minimum atomic E-state index is 0.133. The van der Waals surface area contributed by atoms with Gasteiger partial charge in [-0.3, -0.25) is 4.79 Å². The molecule has 4 rings (SSSR count). The van der Waals surface area contributed by atoms with E-state index in [0.29, 0.717) is 6.54 Å². The van der Waals surface area contributed by atoms with Crippen molar-refractivity contribution in [3.05, 3.63) is 107 Å². The maximum absolute atomic E-state index is 12.9. The first-order valence-electron chi connectivity index (χ1n) is 9.59. The van der Waals surface area contributed by atoms with Crippen LogP contribution in [0.3, 0.4) is 0 Å². The first-order chi connectivity index (χ1) is 13.3. The molecule has 1 aliphatic rings. The second-order valence-corrected chi connectivity index (χ2v) is 7.07. The molecule has 3 aromatic carbocycles. The van der Waals surface area contributed by atoms with Crippen molar-refractivity contribution in [1.82, 2.24) is 4.90 Å². The summed E-state index contributed by atoms with van der Waals surface area (Å²) in [6.07, 6.45) is 0.947.